The number of thioether (sulfide) groups is 1. The van der Waals surface area contributed by atoms with Crippen LogP contribution in [0, 0.1) is 0 Å². The zero-order valence-corrected chi connectivity index (χ0v) is 14.2. The van der Waals surface area contributed by atoms with Crippen LogP contribution in [0.3, 0.4) is 0 Å². The maximum Gasteiger partial charge on any atom is 0.256 e. The average Bonchev–Trinajstić information content (AvgIpc) is 3.17. The van der Waals surface area contributed by atoms with Crippen LogP contribution >= 0.6 is 23.4 Å². The number of halogens is 1. The molecular weight excluding hydrogens is 346 g/mol. The predicted octanol–water partition coefficient (Wildman–Crippen LogP) is 2.89. The number of para-hydroxylation sites is 1. The fourth-order valence-electron chi connectivity index (χ4n) is 2.38. The molecular formula is C15H12ClN7S. The molecule has 120 valence electrons. The molecule has 4 aromatic rings. The maximum atomic E-state index is 6.40. The van der Waals surface area contributed by atoms with Gasteiger partial charge in [-0.3, -0.25) is 9.55 Å². The Morgan fingerprint density at radius 3 is 2.83 bits per heavy atom. The van der Waals surface area contributed by atoms with E-state index in [4.69, 9.17) is 16.6 Å². The molecule has 0 saturated carbocycles. The second kappa shape index (κ2) is 6.21. The van der Waals surface area contributed by atoms with Crippen molar-refractivity contribution < 1.29 is 0 Å². The summed E-state index contributed by atoms with van der Waals surface area (Å²) in [5.41, 5.74) is 2.57. The molecule has 3 aromatic heterocycles. The number of benzene rings is 1. The second-order valence-corrected chi connectivity index (χ2v) is 6.40. The first-order valence-corrected chi connectivity index (χ1v) is 8.53. The van der Waals surface area contributed by atoms with Crippen molar-refractivity contribution in [3.8, 4) is 5.95 Å². The molecule has 0 N–H and O–H groups in total. The molecule has 0 aliphatic heterocycles. The first-order valence-electron chi connectivity index (χ1n) is 7.16. The van der Waals surface area contributed by atoms with Crippen molar-refractivity contribution in [1.29, 1.82) is 0 Å². The third-order valence-corrected chi connectivity index (χ3v) is 4.75. The molecule has 0 unspecified atom stereocenters. The Bertz CT molecular complexity index is 996. The zero-order chi connectivity index (χ0) is 16.5. The van der Waals surface area contributed by atoms with Gasteiger partial charge in [0.15, 0.2) is 5.16 Å². The number of rotatable bonds is 4. The van der Waals surface area contributed by atoms with Gasteiger partial charge in [0, 0.05) is 19.0 Å². The van der Waals surface area contributed by atoms with Gasteiger partial charge in [-0.15, -0.1) is 0 Å². The Kier molecular flexibility index (Phi) is 3.91. The monoisotopic (exact) mass is 357 g/mol. The van der Waals surface area contributed by atoms with Gasteiger partial charge in [-0.1, -0.05) is 40.6 Å². The number of aromatic nitrogens is 7. The van der Waals surface area contributed by atoms with E-state index >= 15 is 0 Å². The predicted molar refractivity (Wildman–Crippen MR) is 92.2 cm³/mol. The van der Waals surface area contributed by atoms with Crippen LogP contribution in [0.2, 0.25) is 5.02 Å². The maximum absolute atomic E-state index is 6.40. The van der Waals surface area contributed by atoms with E-state index < -0.39 is 0 Å². The lowest BCUT2D eigenvalue weighted by molar-refractivity contribution is 0.682. The number of tetrazole rings is 1. The van der Waals surface area contributed by atoms with Gasteiger partial charge in [-0.2, -0.15) is 0 Å². The largest absolute Gasteiger partial charge is 0.260 e. The molecule has 0 atom stereocenters. The lowest BCUT2D eigenvalue weighted by atomic mass is 10.3. The van der Waals surface area contributed by atoms with Gasteiger partial charge in [0.2, 0.25) is 0 Å². The highest BCUT2D eigenvalue weighted by Gasteiger charge is 2.19. The number of nitrogens with zero attached hydrogens (tertiary/aromatic N) is 7. The Morgan fingerprint density at radius 1 is 1.17 bits per heavy atom. The van der Waals surface area contributed by atoms with E-state index in [-0.39, 0.29) is 0 Å². The molecule has 0 amide bonds. The highest BCUT2D eigenvalue weighted by atomic mass is 35.5. The fraction of sp³-hybridized carbons (Fsp3) is 0.133. The molecule has 0 aliphatic carbocycles. The molecule has 0 spiro atoms. The quantitative estimate of drug-likeness (QED) is 0.523. The van der Waals surface area contributed by atoms with Crippen molar-refractivity contribution in [3.63, 3.8) is 0 Å². The van der Waals surface area contributed by atoms with Crippen molar-refractivity contribution >= 4 is 34.4 Å². The first-order chi connectivity index (χ1) is 11.7. The molecule has 4 rings (SSSR count). The zero-order valence-electron chi connectivity index (χ0n) is 12.7. The number of fused-ring (bicyclic) bond motifs is 1. The fourth-order valence-corrected chi connectivity index (χ4v) is 3.55. The van der Waals surface area contributed by atoms with Crippen LogP contribution in [0.4, 0.5) is 0 Å². The van der Waals surface area contributed by atoms with Crippen LogP contribution in [0.1, 0.15) is 5.69 Å². The number of aryl methyl sites for hydroxylation is 1. The molecule has 9 heteroatoms. The summed E-state index contributed by atoms with van der Waals surface area (Å²) in [4.78, 5) is 9.04. The normalized spacial score (nSPS) is 11.2. The van der Waals surface area contributed by atoms with E-state index in [9.17, 15) is 0 Å². The average molecular weight is 358 g/mol. The minimum Gasteiger partial charge on any atom is -0.260 e. The van der Waals surface area contributed by atoms with Gasteiger partial charge in [-0.05, 0) is 34.7 Å². The van der Waals surface area contributed by atoms with Gasteiger partial charge in [0.25, 0.3) is 5.95 Å². The van der Waals surface area contributed by atoms with Crippen LogP contribution in [-0.2, 0) is 12.8 Å². The molecule has 24 heavy (non-hydrogen) atoms. The van der Waals surface area contributed by atoms with Crippen LogP contribution in [0.15, 0.2) is 47.8 Å². The van der Waals surface area contributed by atoms with E-state index in [1.54, 1.807) is 29.7 Å². The van der Waals surface area contributed by atoms with E-state index in [0.717, 1.165) is 21.9 Å². The van der Waals surface area contributed by atoms with Crippen molar-refractivity contribution in [2.75, 3.05) is 0 Å². The van der Waals surface area contributed by atoms with Crippen molar-refractivity contribution in [1.82, 2.24) is 34.7 Å². The molecule has 7 nitrogen and oxygen atoms in total. The highest BCUT2D eigenvalue weighted by Crippen LogP contribution is 2.32. The summed E-state index contributed by atoms with van der Waals surface area (Å²) < 4.78 is 3.47. The summed E-state index contributed by atoms with van der Waals surface area (Å²) in [6.07, 6.45) is 1.78. The number of hydrogen-bond acceptors (Lipinski definition) is 6. The van der Waals surface area contributed by atoms with E-state index in [1.165, 1.54) is 0 Å². The Morgan fingerprint density at radius 2 is 2.08 bits per heavy atom. The van der Waals surface area contributed by atoms with Crippen LogP contribution in [0.5, 0.6) is 0 Å². The van der Waals surface area contributed by atoms with Gasteiger partial charge in [-0.25, -0.2) is 9.67 Å². The van der Waals surface area contributed by atoms with E-state index in [1.807, 2.05) is 41.0 Å². The molecule has 0 bridgehead atoms. The third kappa shape index (κ3) is 2.63. The lowest BCUT2D eigenvalue weighted by Crippen LogP contribution is -2.06. The minimum absolute atomic E-state index is 0.564. The molecule has 0 fully saturated rings. The van der Waals surface area contributed by atoms with Gasteiger partial charge in [0.05, 0.1) is 21.7 Å². The van der Waals surface area contributed by atoms with Gasteiger partial charge >= 0.3 is 0 Å². The molecule has 0 saturated heterocycles. The summed E-state index contributed by atoms with van der Waals surface area (Å²) in [6.45, 7) is 0. The topological polar surface area (TPSA) is 74.3 Å². The molecule has 0 aliphatic rings. The molecule has 1 aromatic carbocycles. The standard InChI is InChI=1S/C15H12ClN7S/c1-22-14(19-20-21-22)23-13-11(16)6-4-7-12(13)18-15(23)24-9-10-5-2-3-8-17-10/h2-8H,9H2,1H3. The van der Waals surface area contributed by atoms with Crippen molar-refractivity contribution in [2.24, 2.45) is 7.05 Å². The second-order valence-electron chi connectivity index (χ2n) is 5.05. The number of pyridine rings is 1. The van der Waals surface area contributed by atoms with E-state index in [0.29, 0.717) is 16.7 Å². The number of hydrogen-bond donors (Lipinski definition) is 0. The first kappa shape index (κ1) is 15.1. The van der Waals surface area contributed by atoms with Crippen LogP contribution in [-0.4, -0.2) is 34.7 Å². The highest BCUT2D eigenvalue weighted by molar-refractivity contribution is 7.98. The van der Waals surface area contributed by atoms with Crippen LogP contribution in [0.25, 0.3) is 17.0 Å². The Labute approximate surface area is 146 Å². The Balaban J connectivity index is 1.83. The summed E-state index contributed by atoms with van der Waals surface area (Å²) in [6, 6.07) is 11.5. The summed E-state index contributed by atoms with van der Waals surface area (Å²) in [5.74, 6) is 1.25. The third-order valence-electron chi connectivity index (χ3n) is 3.47. The van der Waals surface area contributed by atoms with Crippen LogP contribution < -0.4 is 0 Å². The number of imidazole rings is 1. The Hall–Kier alpha value is -2.45. The van der Waals surface area contributed by atoms with Crippen molar-refractivity contribution in [2.45, 2.75) is 10.9 Å². The molecule has 0 radical (unpaired) electrons. The summed E-state index contributed by atoms with van der Waals surface area (Å²) in [7, 11) is 1.78. The van der Waals surface area contributed by atoms with Gasteiger partial charge in [0.1, 0.15) is 0 Å². The smallest absolute Gasteiger partial charge is 0.256 e. The minimum atomic E-state index is 0.564. The SMILES string of the molecule is Cn1nnnc1-n1c(SCc2ccccn2)nc2cccc(Cl)c21. The summed E-state index contributed by atoms with van der Waals surface area (Å²) >= 11 is 7.97. The summed E-state index contributed by atoms with van der Waals surface area (Å²) in [5, 5.41) is 13.1. The van der Waals surface area contributed by atoms with Gasteiger partial charge < -0.3 is 0 Å². The molecule has 3 heterocycles. The van der Waals surface area contributed by atoms with E-state index in [2.05, 4.69) is 20.5 Å². The lowest BCUT2D eigenvalue weighted by Gasteiger charge is -2.07. The van der Waals surface area contributed by atoms with Crippen molar-refractivity contribution in [3.05, 3.63) is 53.3 Å².